The normalized spacial score (nSPS) is 80.0. The molecule has 2 bridgehead atoms. The summed E-state index contributed by atoms with van der Waals surface area (Å²) in [5.74, 6) is 1.75. The molecule has 0 amide bonds. The number of epoxide rings is 2. The van der Waals surface area contributed by atoms with E-state index in [4.69, 9.17) is 9.47 Å². The molecule has 64 valence electrons. The third-order valence-corrected chi connectivity index (χ3v) is 5.20. The molecule has 0 N–H and O–H groups in total. The van der Waals surface area contributed by atoms with Crippen molar-refractivity contribution in [2.45, 2.75) is 49.1 Å². The second-order valence-electron chi connectivity index (χ2n) is 5.24. The van der Waals surface area contributed by atoms with Gasteiger partial charge in [0.2, 0.25) is 0 Å². The van der Waals surface area contributed by atoms with Crippen LogP contribution in [0.2, 0.25) is 0 Å². The van der Waals surface area contributed by atoms with E-state index < -0.39 is 0 Å². The minimum atomic E-state index is 0.278. The van der Waals surface area contributed by atoms with Crippen molar-refractivity contribution in [3.8, 4) is 0 Å². The van der Waals surface area contributed by atoms with Gasteiger partial charge in [0, 0.05) is 6.42 Å². The number of fused-ring (bicyclic) bond motifs is 2. The van der Waals surface area contributed by atoms with E-state index in [1.54, 1.807) is 0 Å². The summed E-state index contributed by atoms with van der Waals surface area (Å²) in [4.78, 5) is 0. The van der Waals surface area contributed by atoms with Crippen LogP contribution in [-0.2, 0) is 9.47 Å². The standard InChI is InChI=1S/C10H12O2/c1-2-6-3-5(1)9-7(11-9)4-8-10(6,9)12-8/h5-8H,1-4H2. The Hall–Kier alpha value is -0.0800. The van der Waals surface area contributed by atoms with Crippen molar-refractivity contribution >= 4 is 0 Å². The van der Waals surface area contributed by atoms with Crippen molar-refractivity contribution < 1.29 is 9.47 Å². The van der Waals surface area contributed by atoms with E-state index in [9.17, 15) is 0 Å². The SMILES string of the molecule is C1CC2CC1C13OC1CC1OC213. The third kappa shape index (κ3) is 0.293. The van der Waals surface area contributed by atoms with Gasteiger partial charge >= 0.3 is 0 Å². The van der Waals surface area contributed by atoms with E-state index in [0.29, 0.717) is 12.2 Å². The van der Waals surface area contributed by atoms with Crippen LogP contribution in [0.3, 0.4) is 0 Å². The smallest absolute Gasteiger partial charge is 0.129 e. The van der Waals surface area contributed by atoms with Gasteiger partial charge in [0.25, 0.3) is 0 Å². The highest BCUT2D eigenvalue weighted by Gasteiger charge is 2.93. The Morgan fingerprint density at radius 1 is 0.833 bits per heavy atom. The van der Waals surface area contributed by atoms with Crippen molar-refractivity contribution in [1.29, 1.82) is 0 Å². The lowest BCUT2D eigenvalue weighted by Gasteiger charge is -2.24. The molecule has 3 saturated carbocycles. The molecule has 2 saturated heterocycles. The van der Waals surface area contributed by atoms with Crippen LogP contribution in [0, 0.1) is 11.8 Å². The molecule has 2 spiro atoms. The fourth-order valence-electron chi connectivity index (χ4n) is 4.85. The third-order valence-electron chi connectivity index (χ3n) is 5.20. The average Bonchev–Trinajstić information content (AvgIpc) is 2.84. The van der Waals surface area contributed by atoms with Crippen molar-refractivity contribution in [2.24, 2.45) is 11.8 Å². The quantitative estimate of drug-likeness (QED) is 0.501. The summed E-state index contributed by atoms with van der Waals surface area (Å²) in [5.41, 5.74) is 0.557. The minimum Gasteiger partial charge on any atom is -0.362 e. The Balaban J connectivity index is 1.81. The largest absolute Gasteiger partial charge is 0.362 e. The van der Waals surface area contributed by atoms with Crippen LogP contribution >= 0.6 is 0 Å². The van der Waals surface area contributed by atoms with Crippen LogP contribution in [-0.4, -0.2) is 23.4 Å². The second-order valence-corrected chi connectivity index (χ2v) is 5.24. The maximum atomic E-state index is 5.92. The zero-order valence-electron chi connectivity index (χ0n) is 6.95. The highest BCUT2D eigenvalue weighted by molar-refractivity contribution is 5.41. The number of ether oxygens (including phenoxy) is 2. The topological polar surface area (TPSA) is 25.1 Å². The van der Waals surface area contributed by atoms with Gasteiger partial charge in [-0.2, -0.15) is 0 Å². The molecule has 0 aromatic carbocycles. The number of rotatable bonds is 0. The number of hydrogen-bond acceptors (Lipinski definition) is 2. The van der Waals surface area contributed by atoms with Gasteiger partial charge in [-0.15, -0.1) is 0 Å². The second kappa shape index (κ2) is 1.20. The van der Waals surface area contributed by atoms with E-state index in [-0.39, 0.29) is 11.2 Å². The molecule has 3 aliphatic carbocycles. The van der Waals surface area contributed by atoms with E-state index in [0.717, 1.165) is 11.8 Å². The predicted octanol–water partition coefficient (Wildman–Crippen LogP) is 1.10. The van der Waals surface area contributed by atoms with Crippen LogP contribution in [0.4, 0.5) is 0 Å². The predicted molar refractivity (Wildman–Crippen MR) is 40.7 cm³/mol. The van der Waals surface area contributed by atoms with E-state index in [1.165, 1.54) is 25.7 Å². The molecule has 2 nitrogen and oxygen atoms in total. The van der Waals surface area contributed by atoms with Crippen molar-refractivity contribution in [1.82, 2.24) is 0 Å². The van der Waals surface area contributed by atoms with Crippen LogP contribution < -0.4 is 0 Å². The first-order valence-corrected chi connectivity index (χ1v) is 5.23. The Labute approximate surface area is 71.2 Å². The molecule has 5 rings (SSSR count). The van der Waals surface area contributed by atoms with Gasteiger partial charge in [-0.3, -0.25) is 0 Å². The van der Waals surface area contributed by atoms with Gasteiger partial charge in [-0.05, 0) is 31.1 Å². The summed E-state index contributed by atoms with van der Waals surface area (Å²) in [5, 5.41) is 0. The molecule has 5 fully saturated rings. The molecule has 0 aromatic rings. The number of hydrogen-bond donors (Lipinski definition) is 0. The summed E-state index contributed by atoms with van der Waals surface area (Å²) in [7, 11) is 0. The van der Waals surface area contributed by atoms with Gasteiger partial charge < -0.3 is 9.47 Å². The Morgan fingerprint density at radius 2 is 1.42 bits per heavy atom. The molecule has 2 aliphatic heterocycles. The summed E-state index contributed by atoms with van der Waals surface area (Å²) < 4.78 is 11.8. The summed E-state index contributed by atoms with van der Waals surface area (Å²) in [6.07, 6.45) is 6.69. The van der Waals surface area contributed by atoms with Crippen molar-refractivity contribution in [3.05, 3.63) is 0 Å². The Kier molecular flexibility index (Phi) is 0.561. The lowest BCUT2D eigenvalue weighted by atomic mass is 9.79. The highest BCUT2D eigenvalue weighted by atomic mass is 16.7. The van der Waals surface area contributed by atoms with Gasteiger partial charge in [-0.1, -0.05) is 0 Å². The van der Waals surface area contributed by atoms with Crippen LogP contribution in [0.5, 0.6) is 0 Å². The lowest BCUT2D eigenvalue weighted by Crippen LogP contribution is -2.39. The van der Waals surface area contributed by atoms with Crippen molar-refractivity contribution in [3.63, 3.8) is 0 Å². The molecule has 2 heteroatoms. The summed E-state index contributed by atoms with van der Waals surface area (Å²) >= 11 is 0. The molecule has 0 radical (unpaired) electrons. The van der Waals surface area contributed by atoms with Gasteiger partial charge in [0.05, 0.1) is 12.2 Å². The monoisotopic (exact) mass is 164 g/mol. The van der Waals surface area contributed by atoms with E-state index in [1.807, 2.05) is 0 Å². The maximum Gasteiger partial charge on any atom is 0.129 e. The Bertz CT molecular complexity index is 274. The molecule has 12 heavy (non-hydrogen) atoms. The lowest BCUT2D eigenvalue weighted by molar-refractivity contribution is 0.100. The Morgan fingerprint density at radius 3 is 2.00 bits per heavy atom. The first-order chi connectivity index (χ1) is 5.88. The van der Waals surface area contributed by atoms with E-state index in [2.05, 4.69) is 0 Å². The minimum absolute atomic E-state index is 0.278. The van der Waals surface area contributed by atoms with Gasteiger partial charge in [-0.25, -0.2) is 0 Å². The van der Waals surface area contributed by atoms with E-state index >= 15 is 0 Å². The molecule has 6 unspecified atom stereocenters. The maximum absolute atomic E-state index is 5.92. The van der Waals surface area contributed by atoms with Crippen LogP contribution in [0.15, 0.2) is 0 Å². The summed E-state index contributed by atoms with van der Waals surface area (Å²) in [6.45, 7) is 0. The van der Waals surface area contributed by atoms with Crippen LogP contribution in [0.25, 0.3) is 0 Å². The molecular weight excluding hydrogens is 152 g/mol. The summed E-state index contributed by atoms with van der Waals surface area (Å²) in [6, 6.07) is 0. The first kappa shape index (κ1) is 5.61. The molecule has 2 heterocycles. The zero-order chi connectivity index (χ0) is 7.55. The van der Waals surface area contributed by atoms with Crippen molar-refractivity contribution in [2.75, 3.05) is 0 Å². The fraction of sp³-hybridized carbons (Fsp3) is 1.00. The fourth-order valence-corrected chi connectivity index (χ4v) is 4.85. The first-order valence-electron chi connectivity index (χ1n) is 5.23. The molecular formula is C10H12O2. The van der Waals surface area contributed by atoms with Gasteiger partial charge in [0.1, 0.15) is 11.2 Å². The average molecular weight is 164 g/mol. The highest BCUT2D eigenvalue weighted by Crippen LogP contribution is 2.80. The molecule has 5 aliphatic rings. The molecule has 6 atom stereocenters. The zero-order valence-corrected chi connectivity index (χ0v) is 6.95. The van der Waals surface area contributed by atoms with Crippen LogP contribution in [0.1, 0.15) is 25.7 Å². The van der Waals surface area contributed by atoms with Gasteiger partial charge in [0.15, 0.2) is 0 Å². The molecule has 0 aromatic heterocycles.